The average Bonchev–Trinajstić information content (AvgIpc) is 2.27. The number of carboxylic acids is 1. The molecule has 1 aromatic rings. The van der Waals surface area contributed by atoms with Crippen molar-refractivity contribution in [2.24, 2.45) is 0 Å². The van der Waals surface area contributed by atoms with E-state index in [1.165, 1.54) is 6.08 Å². The van der Waals surface area contributed by atoms with Crippen LogP contribution in [0.5, 0.6) is 5.75 Å². The van der Waals surface area contributed by atoms with Crippen molar-refractivity contribution in [3.63, 3.8) is 0 Å². The van der Waals surface area contributed by atoms with E-state index in [4.69, 9.17) is 20.9 Å². The normalized spacial score (nSPS) is 9.06. The SMILES string of the molecule is COc1ccc(C=CC(=O)O)cc1Br.[N-]=[N+]=N. The highest BCUT2D eigenvalue weighted by molar-refractivity contribution is 9.10. The Kier molecular flexibility index (Phi) is 7.25. The molecule has 0 aromatic heterocycles. The molecule has 7 heteroatoms. The van der Waals surface area contributed by atoms with E-state index < -0.39 is 5.97 Å². The van der Waals surface area contributed by atoms with Crippen LogP contribution in [0.25, 0.3) is 16.5 Å². The average molecular weight is 300 g/mol. The number of hydrogen-bond acceptors (Lipinski definition) is 3. The molecule has 90 valence electrons. The number of halogens is 1. The van der Waals surface area contributed by atoms with Crippen molar-refractivity contribution in [3.8, 4) is 5.75 Å². The maximum Gasteiger partial charge on any atom is 0.328 e. The number of nitrogens with one attached hydrogen (secondary N) is 1. The summed E-state index contributed by atoms with van der Waals surface area (Å²) in [5.74, 6) is -0.241. The number of rotatable bonds is 3. The topological polar surface area (TPSA) is 107 Å². The molecular weight excluding hydrogens is 290 g/mol. The van der Waals surface area contributed by atoms with Gasteiger partial charge in [-0.1, -0.05) is 6.07 Å². The molecule has 0 bridgehead atoms. The molecule has 2 N–H and O–H groups in total. The highest BCUT2D eigenvalue weighted by atomic mass is 79.9. The molecule has 6 nitrogen and oxygen atoms in total. The summed E-state index contributed by atoms with van der Waals surface area (Å²) < 4.78 is 5.84. The molecule has 0 amide bonds. The lowest BCUT2D eigenvalue weighted by Gasteiger charge is -2.02. The molecule has 17 heavy (non-hydrogen) atoms. The van der Waals surface area contributed by atoms with Crippen molar-refractivity contribution in [1.82, 2.24) is 0 Å². The predicted octanol–water partition coefficient (Wildman–Crippen LogP) is 3.43. The van der Waals surface area contributed by atoms with Crippen molar-refractivity contribution in [2.75, 3.05) is 7.11 Å². The van der Waals surface area contributed by atoms with Gasteiger partial charge in [0.2, 0.25) is 0 Å². The summed E-state index contributed by atoms with van der Waals surface area (Å²) in [4.78, 5) is 12.0. The summed E-state index contributed by atoms with van der Waals surface area (Å²) in [7, 11) is 1.58. The summed E-state index contributed by atoms with van der Waals surface area (Å²) in [6.07, 6.45) is 2.61. The van der Waals surface area contributed by atoms with E-state index in [-0.39, 0.29) is 0 Å². The van der Waals surface area contributed by atoms with Crippen molar-refractivity contribution in [1.29, 1.82) is 5.53 Å². The number of aliphatic carboxylic acids is 1. The Balaban J connectivity index is 0.000000770. The van der Waals surface area contributed by atoms with Crippen LogP contribution in [0.15, 0.2) is 28.7 Å². The second-order valence-electron chi connectivity index (χ2n) is 2.67. The largest absolute Gasteiger partial charge is 0.496 e. The van der Waals surface area contributed by atoms with Gasteiger partial charge in [-0.3, -0.25) is 0 Å². The number of hydrogen-bond donors (Lipinski definition) is 2. The van der Waals surface area contributed by atoms with E-state index in [0.29, 0.717) is 0 Å². The smallest absolute Gasteiger partial charge is 0.328 e. The first kappa shape index (κ1) is 15.0. The summed E-state index contributed by atoms with van der Waals surface area (Å²) in [5, 5.41) is 8.42. The monoisotopic (exact) mass is 299 g/mol. The first-order valence-electron chi connectivity index (χ1n) is 4.30. The Hall–Kier alpha value is -1.98. The highest BCUT2D eigenvalue weighted by Gasteiger charge is 1.99. The van der Waals surface area contributed by atoms with Crippen LogP contribution >= 0.6 is 15.9 Å². The van der Waals surface area contributed by atoms with Gasteiger partial charge in [0.1, 0.15) is 5.75 Å². The van der Waals surface area contributed by atoms with Gasteiger partial charge in [0, 0.05) is 6.08 Å². The van der Waals surface area contributed by atoms with Crippen LogP contribution in [0, 0.1) is 5.53 Å². The maximum atomic E-state index is 10.3. The molecule has 0 aliphatic rings. The van der Waals surface area contributed by atoms with Crippen LogP contribution in [0.4, 0.5) is 0 Å². The number of ether oxygens (including phenoxy) is 1. The number of benzene rings is 1. The number of methoxy groups -OCH3 is 1. The Morgan fingerprint density at radius 2 is 2.24 bits per heavy atom. The van der Waals surface area contributed by atoms with Crippen molar-refractivity contribution < 1.29 is 14.6 Å². The Morgan fingerprint density at radius 1 is 1.65 bits per heavy atom. The minimum Gasteiger partial charge on any atom is -0.496 e. The Morgan fingerprint density at radius 3 is 2.65 bits per heavy atom. The maximum absolute atomic E-state index is 10.3. The van der Waals surface area contributed by atoms with Gasteiger partial charge in [-0.05, 0) is 50.1 Å². The summed E-state index contributed by atoms with van der Waals surface area (Å²) >= 11 is 3.31. The molecule has 0 atom stereocenters. The molecule has 0 radical (unpaired) electrons. The summed E-state index contributed by atoms with van der Waals surface area (Å²) in [6.45, 7) is 0. The van der Waals surface area contributed by atoms with Gasteiger partial charge in [0.05, 0.1) is 11.6 Å². The summed E-state index contributed by atoms with van der Waals surface area (Å²) in [6, 6.07) is 5.34. The molecule has 0 aliphatic heterocycles. The van der Waals surface area contributed by atoms with Crippen molar-refractivity contribution >= 4 is 28.0 Å². The predicted molar refractivity (Wildman–Crippen MR) is 66.8 cm³/mol. The van der Waals surface area contributed by atoms with Crippen LogP contribution in [0.1, 0.15) is 5.56 Å². The molecule has 0 unspecified atom stereocenters. The third-order valence-electron chi connectivity index (χ3n) is 1.59. The van der Waals surface area contributed by atoms with Crippen LogP contribution in [0.2, 0.25) is 0 Å². The van der Waals surface area contributed by atoms with E-state index in [1.807, 2.05) is 0 Å². The fourth-order valence-corrected chi connectivity index (χ4v) is 1.51. The number of carboxylic acid groups (broad SMARTS) is 1. The Bertz CT molecular complexity index is 454. The zero-order chi connectivity index (χ0) is 13.3. The molecule has 0 saturated carbocycles. The molecule has 0 fully saturated rings. The Labute approximate surface area is 106 Å². The van der Waals surface area contributed by atoms with Gasteiger partial charge in [-0.2, -0.15) is 0 Å². The minimum absolute atomic E-state index is 0.720. The lowest BCUT2D eigenvalue weighted by Crippen LogP contribution is -1.87. The van der Waals surface area contributed by atoms with Crippen LogP contribution in [-0.2, 0) is 4.79 Å². The standard InChI is InChI=1S/C10H9BrO3.HN3/c1-14-9-4-2-7(6-8(9)11)3-5-10(12)13;1-3-2/h2-6H,1H3,(H,12,13);1H. The van der Waals surface area contributed by atoms with Crippen molar-refractivity contribution in [3.05, 3.63) is 44.8 Å². The van der Waals surface area contributed by atoms with E-state index in [1.54, 1.807) is 30.2 Å². The zero-order valence-electron chi connectivity index (χ0n) is 8.92. The minimum atomic E-state index is -0.961. The first-order valence-corrected chi connectivity index (χ1v) is 5.09. The quantitative estimate of drug-likeness (QED) is 0.386. The highest BCUT2D eigenvalue weighted by Crippen LogP contribution is 2.25. The van der Waals surface area contributed by atoms with E-state index in [2.05, 4.69) is 15.9 Å². The van der Waals surface area contributed by atoms with Gasteiger partial charge in [-0.25, -0.2) is 4.79 Å². The fraction of sp³-hybridized carbons (Fsp3) is 0.100. The molecule has 1 rings (SSSR count). The number of nitrogens with zero attached hydrogens (tertiary/aromatic N) is 2. The third-order valence-corrected chi connectivity index (χ3v) is 2.21. The molecule has 0 heterocycles. The van der Waals surface area contributed by atoms with E-state index >= 15 is 0 Å². The van der Waals surface area contributed by atoms with Crippen LogP contribution < -0.4 is 4.74 Å². The third kappa shape index (κ3) is 6.24. The van der Waals surface area contributed by atoms with Crippen LogP contribution in [-0.4, -0.2) is 18.2 Å². The van der Waals surface area contributed by atoms with E-state index in [9.17, 15) is 4.79 Å². The van der Waals surface area contributed by atoms with Gasteiger partial charge < -0.3 is 9.84 Å². The van der Waals surface area contributed by atoms with Gasteiger partial charge in [0.15, 0.2) is 0 Å². The zero-order valence-corrected chi connectivity index (χ0v) is 10.5. The molecule has 0 aliphatic carbocycles. The molecule has 1 aromatic carbocycles. The molecule has 0 saturated heterocycles. The molecular formula is C10H10BrN3O3. The number of carbonyl (C=O) groups is 1. The van der Waals surface area contributed by atoms with Gasteiger partial charge in [-0.15, -0.1) is 5.53 Å². The van der Waals surface area contributed by atoms with Gasteiger partial charge >= 0.3 is 5.97 Å². The van der Waals surface area contributed by atoms with Crippen molar-refractivity contribution in [2.45, 2.75) is 0 Å². The fourth-order valence-electron chi connectivity index (χ4n) is 0.954. The van der Waals surface area contributed by atoms with E-state index in [0.717, 1.165) is 21.9 Å². The lowest BCUT2D eigenvalue weighted by atomic mass is 10.2. The first-order chi connectivity index (χ1) is 8.04. The van der Waals surface area contributed by atoms with Gasteiger partial charge in [0.25, 0.3) is 0 Å². The lowest BCUT2D eigenvalue weighted by molar-refractivity contribution is -0.131. The summed E-state index contributed by atoms with van der Waals surface area (Å²) in [5.41, 5.74) is 13.1. The second-order valence-corrected chi connectivity index (χ2v) is 3.52. The van der Waals surface area contributed by atoms with Crippen LogP contribution in [0.3, 0.4) is 0 Å². The second kappa shape index (κ2) is 8.20. The molecule has 0 spiro atoms.